The van der Waals surface area contributed by atoms with E-state index < -0.39 is 11.9 Å². The van der Waals surface area contributed by atoms with E-state index in [1.807, 2.05) is 13.8 Å². The molecule has 0 saturated carbocycles. The van der Waals surface area contributed by atoms with Crippen molar-refractivity contribution < 1.29 is 9.50 Å². The molecule has 1 heterocycles. The fraction of sp³-hybridized carbons (Fsp3) is 0.308. The monoisotopic (exact) mass is 249 g/mol. The number of nitrogen functional groups attached to an aromatic ring is 1. The molecule has 96 valence electrons. The molecule has 0 amide bonds. The van der Waals surface area contributed by atoms with E-state index in [-0.39, 0.29) is 6.04 Å². The van der Waals surface area contributed by atoms with Gasteiger partial charge in [0.15, 0.2) is 0 Å². The van der Waals surface area contributed by atoms with Crippen molar-refractivity contribution in [2.45, 2.75) is 26.0 Å². The summed E-state index contributed by atoms with van der Waals surface area (Å²) in [6, 6.07) is 5.78. The number of nitrogens with two attached hydrogens (primary N) is 1. The Kier molecular flexibility index (Phi) is 3.34. The molecule has 0 saturated heterocycles. The van der Waals surface area contributed by atoms with Gasteiger partial charge < -0.3 is 10.8 Å². The SMILES string of the molecule is CC(C)n1nccc1C(O)c1cc(F)ccc1N. The fourth-order valence-corrected chi connectivity index (χ4v) is 1.91. The van der Waals surface area contributed by atoms with Crippen molar-refractivity contribution in [2.75, 3.05) is 5.73 Å². The highest BCUT2D eigenvalue weighted by Gasteiger charge is 2.19. The van der Waals surface area contributed by atoms with E-state index in [1.54, 1.807) is 16.9 Å². The van der Waals surface area contributed by atoms with Crippen molar-refractivity contribution >= 4 is 5.69 Å². The van der Waals surface area contributed by atoms with Gasteiger partial charge in [-0.15, -0.1) is 0 Å². The van der Waals surface area contributed by atoms with Crippen molar-refractivity contribution in [1.82, 2.24) is 9.78 Å². The number of rotatable bonds is 3. The quantitative estimate of drug-likeness (QED) is 0.820. The molecule has 3 N–H and O–H groups in total. The molecular formula is C13H16FN3O. The first kappa shape index (κ1) is 12.6. The molecule has 1 atom stereocenters. The van der Waals surface area contributed by atoms with Crippen LogP contribution in [0, 0.1) is 5.82 Å². The van der Waals surface area contributed by atoms with Crippen LogP contribution in [0.4, 0.5) is 10.1 Å². The first-order valence-corrected chi connectivity index (χ1v) is 5.77. The molecule has 5 heteroatoms. The van der Waals surface area contributed by atoms with Crippen LogP contribution >= 0.6 is 0 Å². The third-order valence-electron chi connectivity index (χ3n) is 2.81. The number of aliphatic hydroxyl groups is 1. The zero-order valence-corrected chi connectivity index (χ0v) is 10.3. The molecule has 18 heavy (non-hydrogen) atoms. The molecule has 2 rings (SSSR count). The Morgan fingerprint density at radius 2 is 2.06 bits per heavy atom. The van der Waals surface area contributed by atoms with Gasteiger partial charge in [0.05, 0.1) is 5.69 Å². The Labute approximate surface area is 105 Å². The van der Waals surface area contributed by atoms with Crippen molar-refractivity contribution in [3.05, 3.63) is 47.5 Å². The molecule has 1 aromatic heterocycles. The highest BCUT2D eigenvalue weighted by atomic mass is 19.1. The van der Waals surface area contributed by atoms with E-state index in [4.69, 9.17) is 5.73 Å². The van der Waals surface area contributed by atoms with Crippen LogP contribution in [0.5, 0.6) is 0 Å². The van der Waals surface area contributed by atoms with E-state index in [2.05, 4.69) is 5.10 Å². The maximum absolute atomic E-state index is 13.2. The van der Waals surface area contributed by atoms with Crippen molar-refractivity contribution in [1.29, 1.82) is 0 Å². The summed E-state index contributed by atoms with van der Waals surface area (Å²) in [6.45, 7) is 3.91. The maximum Gasteiger partial charge on any atom is 0.123 e. The Morgan fingerprint density at radius 1 is 1.33 bits per heavy atom. The average Bonchev–Trinajstić information content (AvgIpc) is 2.80. The molecule has 4 nitrogen and oxygen atoms in total. The first-order chi connectivity index (χ1) is 8.50. The van der Waals surface area contributed by atoms with Gasteiger partial charge in [-0.25, -0.2) is 4.39 Å². The largest absolute Gasteiger partial charge is 0.398 e. The molecule has 0 spiro atoms. The zero-order chi connectivity index (χ0) is 13.3. The van der Waals surface area contributed by atoms with Crippen LogP contribution in [0.2, 0.25) is 0 Å². The van der Waals surface area contributed by atoms with E-state index in [1.165, 1.54) is 18.2 Å². The maximum atomic E-state index is 13.2. The highest BCUT2D eigenvalue weighted by molar-refractivity contribution is 5.50. The van der Waals surface area contributed by atoms with Gasteiger partial charge in [0.1, 0.15) is 11.9 Å². The molecule has 2 aromatic rings. The molecule has 0 aliphatic rings. The number of hydrogen-bond acceptors (Lipinski definition) is 3. The molecule has 0 radical (unpaired) electrons. The lowest BCUT2D eigenvalue weighted by molar-refractivity contribution is 0.205. The van der Waals surface area contributed by atoms with E-state index >= 15 is 0 Å². The molecule has 1 aromatic carbocycles. The van der Waals surface area contributed by atoms with Crippen molar-refractivity contribution in [3.8, 4) is 0 Å². The number of hydrogen-bond donors (Lipinski definition) is 2. The van der Waals surface area contributed by atoms with Gasteiger partial charge in [-0.3, -0.25) is 4.68 Å². The van der Waals surface area contributed by atoms with E-state index in [0.717, 1.165) is 0 Å². The number of halogens is 1. The minimum atomic E-state index is -0.981. The summed E-state index contributed by atoms with van der Waals surface area (Å²) >= 11 is 0. The lowest BCUT2D eigenvalue weighted by atomic mass is 10.0. The standard InChI is InChI=1S/C13H16FN3O/c1-8(2)17-12(5-6-16-17)13(18)10-7-9(14)3-4-11(10)15/h3-8,13,18H,15H2,1-2H3. The molecule has 0 aliphatic heterocycles. The lowest BCUT2D eigenvalue weighted by Gasteiger charge is -2.17. The molecule has 0 aliphatic carbocycles. The topological polar surface area (TPSA) is 64.1 Å². The second-order valence-corrected chi connectivity index (χ2v) is 4.47. The van der Waals surface area contributed by atoms with Gasteiger partial charge >= 0.3 is 0 Å². The van der Waals surface area contributed by atoms with Crippen molar-refractivity contribution in [2.24, 2.45) is 0 Å². The van der Waals surface area contributed by atoms with Crippen LogP contribution in [0.25, 0.3) is 0 Å². The van der Waals surface area contributed by atoms with Gasteiger partial charge in [-0.1, -0.05) is 0 Å². The number of nitrogens with zero attached hydrogens (tertiary/aromatic N) is 2. The molecule has 0 fully saturated rings. The molecule has 1 unspecified atom stereocenters. The smallest absolute Gasteiger partial charge is 0.123 e. The molecule has 0 bridgehead atoms. The number of aromatic nitrogens is 2. The third kappa shape index (κ3) is 2.22. The van der Waals surface area contributed by atoms with Crippen LogP contribution in [0.15, 0.2) is 30.5 Å². The van der Waals surface area contributed by atoms with Crippen LogP contribution in [0.3, 0.4) is 0 Å². The minimum absolute atomic E-state index is 0.111. The summed E-state index contributed by atoms with van der Waals surface area (Å²) in [7, 11) is 0. The zero-order valence-electron chi connectivity index (χ0n) is 10.3. The summed E-state index contributed by atoms with van der Waals surface area (Å²) in [5, 5.41) is 14.4. The predicted molar refractivity (Wildman–Crippen MR) is 67.5 cm³/mol. The average molecular weight is 249 g/mol. The predicted octanol–water partition coefficient (Wildman–Crippen LogP) is 2.27. The van der Waals surface area contributed by atoms with Gasteiger partial charge in [-0.05, 0) is 38.1 Å². The third-order valence-corrected chi connectivity index (χ3v) is 2.81. The van der Waals surface area contributed by atoms with E-state index in [0.29, 0.717) is 16.9 Å². The van der Waals surface area contributed by atoms with Crippen LogP contribution in [-0.2, 0) is 0 Å². The first-order valence-electron chi connectivity index (χ1n) is 5.77. The number of anilines is 1. The highest BCUT2D eigenvalue weighted by Crippen LogP contribution is 2.28. The summed E-state index contributed by atoms with van der Waals surface area (Å²) in [6.07, 6.45) is 0.624. The minimum Gasteiger partial charge on any atom is -0.398 e. The Balaban J connectivity index is 2.44. The van der Waals surface area contributed by atoms with E-state index in [9.17, 15) is 9.50 Å². The van der Waals surface area contributed by atoms with Crippen LogP contribution < -0.4 is 5.73 Å². The van der Waals surface area contributed by atoms with Crippen LogP contribution in [-0.4, -0.2) is 14.9 Å². The van der Waals surface area contributed by atoms with Gasteiger partial charge in [-0.2, -0.15) is 5.10 Å². The van der Waals surface area contributed by atoms with Gasteiger partial charge in [0.25, 0.3) is 0 Å². The van der Waals surface area contributed by atoms with Gasteiger partial charge in [0.2, 0.25) is 0 Å². The number of benzene rings is 1. The summed E-state index contributed by atoms with van der Waals surface area (Å²) in [4.78, 5) is 0. The summed E-state index contributed by atoms with van der Waals surface area (Å²) in [5.41, 5.74) is 7.09. The van der Waals surface area contributed by atoms with Gasteiger partial charge in [0, 0.05) is 23.5 Å². The van der Waals surface area contributed by atoms with Crippen molar-refractivity contribution in [3.63, 3.8) is 0 Å². The van der Waals surface area contributed by atoms with Crippen LogP contribution in [0.1, 0.15) is 37.3 Å². The Hall–Kier alpha value is -1.88. The normalized spacial score (nSPS) is 12.9. The Morgan fingerprint density at radius 3 is 2.72 bits per heavy atom. The molecular weight excluding hydrogens is 233 g/mol. The second-order valence-electron chi connectivity index (χ2n) is 4.47. The summed E-state index contributed by atoms with van der Waals surface area (Å²) in [5.74, 6) is -0.422. The fourth-order valence-electron chi connectivity index (χ4n) is 1.91. The second kappa shape index (κ2) is 4.78. The lowest BCUT2D eigenvalue weighted by Crippen LogP contribution is -2.13. The Bertz CT molecular complexity index is 551. The number of aliphatic hydroxyl groups excluding tert-OH is 1. The summed E-state index contributed by atoms with van der Waals surface area (Å²) < 4.78 is 14.9.